The van der Waals surface area contributed by atoms with Gasteiger partial charge in [-0.3, -0.25) is 0 Å². The van der Waals surface area contributed by atoms with Crippen molar-refractivity contribution in [2.75, 3.05) is 0 Å². The van der Waals surface area contributed by atoms with Crippen LogP contribution < -0.4 is 4.74 Å². The van der Waals surface area contributed by atoms with E-state index in [4.69, 9.17) is 4.74 Å². The highest BCUT2D eigenvalue weighted by Crippen LogP contribution is 2.13. The van der Waals surface area contributed by atoms with Gasteiger partial charge in [0.05, 0.1) is 6.26 Å². The molecule has 0 aliphatic heterocycles. The van der Waals surface area contributed by atoms with Crippen molar-refractivity contribution in [2.45, 2.75) is 26.7 Å². The number of aldehydes is 1. The van der Waals surface area contributed by atoms with Gasteiger partial charge in [-0.05, 0) is 31.1 Å². The molecule has 0 saturated carbocycles. The molecule has 0 bridgehead atoms. The minimum Gasteiger partial charge on any atom is -0.465 e. The Morgan fingerprint density at radius 2 is 2.00 bits per heavy atom. The van der Waals surface area contributed by atoms with Crippen molar-refractivity contribution in [2.24, 2.45) is 0 Å². The van der Waals surface area contributed by atoms with E-state index in [9.17, 15) is 4.79 Å². The Labute approximate surface area is 90.6 Å². The van der Waals surface area contributed by atoms with Crippen molar-refractivity contribution < 1.29 is 9.53 Å². The van der Waals surface area contributed by atoms with Crippen LogP contribution in [0.2, 0.25) is 0 Å². The summed E-state index contributed by atoms with van der Waals surface area (Å²) in [6.07, 6.45) is 3.85. The topological polar surface area (TPSA) is 26.3 Å². The molecule has 0 fully saturated rings. The normalized spacial score (nSPS) is 11.2. The highest BCUT2D eigenvalue weighted by molar-refractivity contribution is 5.54. The largest absolute Gasteiger partial charge is 0.465 e. The van der Waals surface area contributed by atoms with Crippen molar-refractivity contribution in [3.63, 3.8) is 0 Å². The summed E-state index contributed by atoms with van der Waals surface area (Å²) in [4.78, 5) is 10.3. The summed E-state index contributed by atoms with van der Waals surface area (Å²) in [5.74, 6) is 0.803. The lowest BCUT2D eigenvalue weighted by atomic mass is 10.2. The third kappa shape index (κ3) is 3.98. The molecule has 0 spiro atoms. The molecule has 0 saturated heterocycles. The van der Waals surface area contributed by atoms with Crippen molar-refractivity contribution in [1.29, 1.82) is 0 Å². The number of ether oxygens (including phenoxy) is 1. The van der Waals surface area contributed by atoms with Gasteiger partial charge in [0.25, 0.3) is 0 Å². The highest BCUT2D eigenvalue weighted by Gasteiger charge is 1.95. The van der Waals surface area contributed by atoms with E-state index in [-0.39, 0.29) is 0 Å². The van der Waals surface area contributed by atoms with Crippen LogP contribution in [0.4, 0.5) is 0 Å². The summed E-state index contributed by atoms with van der Waals surface area (Å²) >= 11 is 0. The second-order valence-electron chi connectivity index (χ2n) is 3.43. The first-order valence-corrected chi connectivity index (χ1v) is 5.11. The van der Waals surface area contributed by atoms with E-state index in [0.717, 1.165) is 24.0 Å². The fraction of sp³-hybridized carbons (Fsp3) is 0.308. The summed E-state index contributed by atoms with van der Waals surface area (Å²) in [6, 6.07) is 7.82. The quantitative estimate of drug-likeness (QED) is 0.543. The molecule has 1 aromatic carbocycles. The molecule has 0 aliphatic rings. The number of hydrogen-bond acceptors (Lipinski definition) is 2. The van der Waals surface area contributed by atoms with Crippen molar-refractivity contribution in [3.05, 3.63) is 41.7 Å². The third-order valence-corrected chi connectivity index (χ3v) is 2.18. The van der Waals surface area contributed by atoms with Crippen LogP contribution in [0.15, 0.2) is 36.1 Å². The molecule has 80 valence electrons. The SMILES string of the molecule is CCC(=COc1ccc(C)cc1)CC=O. The minimum atomic E-state index is 0.447. The van der Waals surface area contributed by atoms with Crippen molar-refractivity contribution in [3.8, 4) is 5.75 Å². The minimum absolute atomic E-state index is 0.447. The number of rotatable bonds is 5. The molecule has 2 nitrogen and oxygen atoms in total. The molecule has 0 unspecified atom stereocenters. The Morgan fingerprint density at radius 3 is 2.53 bits per heavy atom. The Kier molecular flexibility index (Phi) is 4.61. The zero-order valence-electron chi connectivity index (χ0n) is 9.19. The van der Waals surface area contributed by atoms with Crippen LogP contribution in [0.25, 0.3) is 0 Å². The van der Waals surface area contributed by atoms with E-state index in [1.807, 2.05) is 38.1 Å². The number of allylic oxidation sites excluding steroid dienone is 1. The molecular formula is C13H16O2. The van der Waals surface area contributed by atoms with E-state index in [1.54, 1.807) is 6.26 Å². The van der Waals surface area contributed by atoms with Gasteiger partial charge in [-0.2, -0.15) is 0 Å². The smallest absolute Gasteiger partial charge is 0.126 e. The molecule has 15 heavy (non-hydrogen) atoms. The Morgan fingerprint density at radius 1 is 1.33 bits per heavy atom. The van der Waals surface area contributed by atoms with Gasteiger partial charge >= 0.3 is 0 Å². The molecular weight excluding hydrogens is 188 g/mol. The number of benzene rings is 1. The summed E-state index contributed by atoms with van der Waals surface area (Å²) in [5.41, 5.74) is 2.21. The molecule has 0 atom stereocenters. The Hall–Kier alpha value is -1.57. The molecule has 0 heterocycles. The summed E-state index contributed by atoms with van der Waals surface area (Å²) < 4.78 is 5.45. The van der Waals surface area contributed by atoms with Gasteiger partial charge in [-0.25, -0.2) is 0 Å². The van der Waals surface area contributed by atoms with Crippen LogP contribution in [-0.4, -0.2) is 6.29 Å². The van der Waals surface area contributed by atoms with Crippen LogP contribution in [0.5, 0.6) is 5.75 Å². The second kappa shape index (κ2) is 6.02. The van der Waals surface area contributed by atoms with E-state index < -0.39 is 0 Å². The van der Waals surface area contributed by atoms with Gasteiger partial charge in [0.15, 0.2) is 0 Å². The standard InChI is InChI=1S/C13H16O2/c1-3-12(8-9-14)10-15-13-6-4-11(2)5-7-13/h4-7,9-10H,3,8H2,1-2H3. The fourth-order valence-electron chi connectivity index (χ4n) is 1.15. The monoisotopic (exact) mass is 204 g/mol. The van der Waals surface area contributed by atoms with E-state index in [2.05, 4.69) is 0 Å². The lowest BCUT2D eigenvalue weighted by Gasteiger charge is -2.03. The molecule has 1 rings (SSSR count). The zero-order valence-corrected chi connectivity index (χ0v) is 9.19. The van der Waals surface area contributed by atoms with Gasteiger partial charge in [0.1, 0.15) is 12.0 Å². The van der Waals surface area contributed by atoms with E-state index in [1.165, 1.54) is 5.56 Å². The summed E-state index contributed by atoms with van der Waals surface area (Å²) in [6.45, 7) is 4.04. The first kappa shape index (κ1) is 11.5. The summed E-state index contributed by atoms with van der Waals surface area (Å²) in [5, 5.41) is 0. The Bertz CT molecular complexity index is 336. The van der Waals surface area contributed by atoms with Crippen LogP contribution in [-0.2, 0) is 4.79 Å². The molecule has 1 aromatic rings. The Balaban J connectivity index is 2.61. The lowest BCUT2D eigenvalue weighted by Crippen LogP contribution is -1.89. The number of carbonyl (C=O) groups excluding carboxylic acids is 1. The third-order valence-electron chi connectivity index (χ3n) is 2.18. The van der Waals surface area contributed by atoms with Crippen LogP contribution in [0, 0.1) is 6.92 Å². The second-order valence-corrected chi connectivity index (χ2v) is 3.43. The predicted octanol–water partition coefficient (Wildman–Crippen LogP) is 3.26. The van der Waals surface area contributed by atoms with Crippen LogP contribution in [0.1, 0.15) is 25.3 Å². The van der Waals surface area contributed by atoms with Gasteiger partial charge in [0, 0.05) is 6.42 Å². The highest BCUT2D eigenvalue weighted by atomic mass is 16.5. The number of hydrogen-bond donors (Lipinski definition) is 0. The average molecular weight is 204 g/mol. The number of aryl methyl sites for hydroxylation is 1. The van der Waals surface area contributed by atoms with E-state index >= 15 is 0 Å². The molecule has 0 amide bonds. The first-order valence-electron chi connectivity index (χ1n) is 5.11. The molecule has 0 radical (unpaired) electrons. The fourth-order valence-corrected chi connectivity index (χ4v) is 1.15. The molecule has 0 aliphatic carbocycles. The van der Waals surface area contributed by atoms with Gasteiger partial charge in [0.2, 0.25) is 0 Å². The number of carbonyl (C=O) groups is 1. The average Bonchev–Trinajstić information content (AvgIpc) is 2.26. The maximum atomic E-state index is 10.3. The maximum absolute atomic E-state index is 10.3. The zero-order chi connectivity index (χ0) is 11.1. The molecule has 2 heteroatoms. The van der Waals surface area contributed by atoms with Gasteiger partial charge < -0.3 is 9.53 Å². The van der Waals surface area contributed by atoms with Crippen LogP contribution in [0.3, 0.4) is 0 Å². The first-order chi connectivity index (χ1) is 7.26. The molecule has 0 N–H and O–H groups in total. The van der Waals surface area contributed by atoms with Gasteiger partial charge in [-0.1, -0.05) is 24.6 Å². The maximum Gasteiger partial charge on any atom is 0.126 e. The van der Waals surface area contributed by atoms with Crippen molar-refractivity contribution >= 4 is 6.29 Å². The lowest BCUT2D eigenvalue weighted by molar-refractivity contribution is -0.107. The summed E-state index contributed by atoms with van der Waals surface area (Å²) in [7, 11) is 0. The van der Waals surface area contributed by atoms with Crippen LogP contribution >= 0.6 is 0 Å². The molecule has 0 aromatic heterocycles. The predicted molar refractivity (Wildman–Crippen MR) is 60.9 cm³/mol. The van der Waals surface area contributed by atoms with E-state index in [0.29, 0.717) is 6.42 Å². The van der Waals surface area contributed by atoms with Crippen molar-refractivity contribution in [1.82, 2.24) is 0 Å². The van der Waals surface area contributed by atoms with Gasteiger partial charge in [-0.15, -0.1) is 0 Å².